The number of rotatable bonds is 39. The topological polar surface area (TPSA) is 178 Å². The Morgan fingerprint density at radius 3 is 1.45 bits per heavy atom. The highest BCUT2D eigenvalue weighted by Crippen LogP contribution is 2.26. The van der Waals surface area contributed by atoms with E-state index in [4.69, 9.17) is 23.5 Å². The summed E-state index contributed by atoms with van der Waals surface area (Å²) >= 11 is 0. The fourth-order valence-electron chi connectivity index (χ4n) is 7.09. The zero-order valence-corrected chi connectivity index (χ0v) is 35.6. The second kappa shape index (κ2) is 35.1. The maximum Gasteiger partial charge on any atom is 0.397 e. The number of aliphatic hydroxyl groups excluding tert-OH is 3. The van der Waals surface area contributed by atoms with Gasteiger partial charge in [-0.2, -0.15) is 8.42 Å². The molecule has 1 heterocycles. The van der Waals surface area contributed by atoms with E-state index in [0.29, 0.717) is 13.0 Å². The molecule has 1 rings (SSSR count). The van der Waals surface area contributed by atoms with E-state index >= 15 is 0 Å². The van der Waals surface area contributed by atoms with Crippen LogP contribution in [0.3, 0.4) is 0 Å². The summed E-state index contributed by atoms with van der Waals surface area (Å²) in [5.41, 5.74) is 0. The monoisotopic (exact) mass is 811 g/mol. The first-order chi connectivity index (χ1) is 26.6. The lowest BCUT2D eigenvalue weighted by molar-refractivity contribution is -0.301. The van der Waals surface area contributed by atoms with E-state index in [1.54, 1.807) is 0 Å². The van der Waals surface area contributed by atoms with Gasteiger partial charge in [-0.25, -0.2) is 4.18 Å². The van der Waals surface area contributed by atoms with Crippen LogP contribution < -0.4 is 0 Å². The van der Waals surface area contributed by atoms with E-state index in [0.717, 1.165) is 38.5 Å². The predicted octanol–water partition coefficient (Wildman–Crippen LogP) is 8.91. The largest absolute Gasteiger partial charge is 0.457 e. The first-order valence-electron chi connectivity index (χ1n) is 22.3. The van der Waals surface area contributed by atoms with Crippen LogP contribution in [0, 0.1) is 0 Å². The number of aliphatic hydroxyl groups is 3. The van der Waals surface area contributed by atoms with Gasteiger partial charge in [0.1, 0.15) is 30.5 Å². The molecule has 1 aliphatic rings. The van der Waals surface area contributed by atoms with Gasteiger partial charge in [0.15, 0.2) is 6.29 Å². The van der Waals surface area contributed by atoms with E-state index in [-0.39, 0.29) is 19.6 Å². The lowest BCUT2D eigenvalue weighted by Gasteiger charge is -2.41. The van der Waals surface area contributed by atoms with Gasteiger partial charge in [-0.3, -0.25) is 9.35 Å². The average molecular weight is 811 g/mol. The van der Waals surface area contributed by atoms with Crippen molar-refractivity contribution in [3.63, 3.8) is 0 Å². The van der Waals surface area contributed by atoms with Crippen LogP contribution in [0.25, 0.3) is 0 Å². The minimum Gasteiger partial charge on any atom is -0.457 e. The Hall–Kier alpha value is -0.900. The van der Waals surface area contributed by atoms with Gasteiger partial charge in [0.2, 0.25) is 0 Å². The highest BCUT2D eigenvalue weighted by molar-refractivity contribution is 7.80. The summed E-state index contributed by atoms with van der Waals surface area (Å²) in [6.45, 7) is 3.99. The molecule has 12 nitrogen and oxygen atoms in total. The van der Waals surface area contributed by atoms with Gasteiger partial charge in [0.05, 0.1) is 19.8 Å². The van der Waals surface area contributed by atoms with Gasteiger partial charge in [-0.1, -0.05) is 181 Å². The highest BCUT2D eigenvalue weighted by atomic mass is 32.3. The molecular formula is C42H82O12S. The number of esters is 1. The molecule has 4 N–H and O–H groups in total. The zero-order chi connectivity index (χ0) is 40.4. The number of carbonyl (C=O) groups is 1. The third-order valence-electron chi connectivity index (χ3n) is 10.5. The number of unbranched alkanes of at least 4 members (excludes halogenated alkanes) is 26. The summed E-state index contributed by atoms with van der Waals surface area (Å²) in [5.74, 6) is -0.395. The fourth-order valence-corrected chi connectivity index (χ4v) is 7.59. The summed E-state index contributed by atoms with van der Waals surface area (Å²) in [7, 11) is -5.05. The summed E-state index contributed by atoms with van der Waals surface area (Å²) in [6.07, 6.45) is 25.9. The number of ether oxygens (including phenoxy) is 4. The standard InChI is InChI=1S/C42H82O12S/c1-3-5-7-9-11-13-14-15-16-17-18-19-20-21-22-23-24-25-27-29-31-38(44)52-36(34-50-32-30-28-26-12-10-8-6-4-2)35-51-42-40(46)41(54-55(47,48)49)39(45)37(33-43)53-42/h36-37,39-43,45-46H,3-35H2,1-2H3,(H,47,48,49). The minimum atomic E-state index is -5.05. The van der Waals surface area contributed by atoms with E-state index < -0.39 is 59.8 Å². The van der Waals surface area contributed by atoms with Crippen molar-refractivity contribution in [3.05, 3.63) is 0 Å². The average Bonchev–Trinajstić information content (AvgIpc) is 3.15. The summed E-state index contributed by atoms with van der Waals surface area (Å²) in [5, 5.41) is 30.6. The van der Waals surface area contributed by atoms with Gasteiger partial charge < -0.3 is 34.3 Å². The van der Waals surface area contributed by atoms with Gasteiger partial charge in [0.25, 0.3) is 0 Å². The van der Waals surface area contributed by atoms with Gasteiger partial charge in [0, 0.05) is 13.0 Å². The molecule has 0 aromatic carbocycles. The third-order valence-corrected chi connectivity index (χ3v) is 10.9. The highest BCUT2D eigenvalue weighted by Gasteiger charge is 2.48. The van der Waals surface area contributed by atoms with Crippen LogP contribution in [-0.4, -0.2) is 97.5 Å². The maximum atomic E-state index is 12.8. The quantitative estimate of drug-likeness (QED) is 0.0264. The van der Waals surface area contributed by atoms with Crippen LogP contribution >= 0.6 is 0 Å². The summed E-state index contributed by atoms with van der Waals surface area (Å²) in [6, 6.07) is 0. The molecular weight excluding hydrogens is 729 g/mol. The Morgan fingerprint density at radius 2 is 1.04 bits per heavy atom. The van der Waals surface area contributed by atoms with Crippen molar-refractivity contribution >= 4 is 16.4 Å². The van der Waals surface area contributed by atoms with E-state index in [9.17, 15) is 28.5 Å². The molecule has 0 bridgehead atoms. The molecule has 328 valence electrons. The Morgan fingerprint density at radius 1 is 0.618 bits per heavy atom. The van der Waals surface area contributed by atoms with Crippen LogP contribution in [0.1, 0.15) is 200 Å². The molecule has 0 saturated carbocycles. The molecule has 0 amide bonds. The van der Waals surface area contributed by atoms with E-state index in [2.05, 4.69) is 18.0 Å². The summed E-state index contributed by atoms with van der Waals surface area (Å²) < 4.78 is 58.8. The first kappa shape index (κ1) is 52.1. The van der Waals surface area contributed by atoms with Crippen LogP contribution in [0.15, 0.2) is 0 Å². The van der Waals surface area contributed by atoms with Crippen LogP contribution in [0.4, 0.5) is 0 Å². The normalized spacial score (nSPS) is 20.9. The Balaban J connectivity index is 2.33. The Kier molecular flexibility index (Phi) is 33.2. The molecule has 6 unspecified atom stereocenters. The van der Waals surface area contributed by atoms with Crippen molar-refractivity contribution in [2.45, 2.75) is 237 Å². The molecule has 0 spiro atoms. The number of hydrogen-bond acceptors (Lipinski definition) is 11. The maximum absolute atomic E-state index is 12.8. The van der Waals surface area contributed by atoms with Crippen LogP contribution in [0.5, 0.6) is 0 Å². The zero-order valence-electron chi connectivity index (χ0n) is 34.8. The fraction of sp³-hybridized carbons (Fsp3) is 0.976. The van der Waals surface area contributed by atoms with Gasteiger partial charge in [-0.05, 0) is 12.8 Å². The molecule has 0 aromatic rings. The molecule has 6 atom stereocenters. The van der Waals surface area contributed by atoms with Crippen LogP contribution in [-0.2, 0) is 38.3 Å². The Bertz CT molecular complexity index is 984. The molecule has 0 aliphatic carbocycles. The minimum absolute atomic E-state index is 0.0430. The second-order valence-electron chi connectivity index (χ2n) is 15.7. The van der Waals surface area contributed by atoms with Crippen molar-refractivity contribution < 1.29 is 56.2 Å². The third kappa shape index (κ3) is 29.0. The molecule has 0 radical (unpaired) electrons. The molecule has 55 heavy (non-hydrogen) atoms. The SMILES string of the molecule is CCCCCCCCCCCCCCCCCCCCCCC(=O)OC(COCCCCCCCCCC)COC1OC(CO)C(O)C(OS(=O)(=O)O)C1O. The molecule has 1 saturated heterocycles. The molecule has 1 aliphatic heterocycles. The van der Waals surface area contributed by atoms with E-state index in [1.807, 2.05) is 0 Å². The number of carbonyl (C=O) groups excluding carboxylic acids is 1. The van der Waals surface area contributed by atoms with Crippen molar-refractivity contribution in [2.75, 3.05) is 26.4 Å². The molecule has 0 aromatic heterocycles. The van der Waals surface area contributed by atoms with Gasteiger partial charge >= 0.3 is 16.4 Å². The molecule has 13 heteroatoms. The van der Waals surface area contributed by atoms with Crippen molar-refractivity contribution in [1.29, 1.82) is 0 Å². The predicted molar refractivity (Wildman–Crippen MR) is 216 cm³/mol. The lowest BCUT2D eigenvalue weighted by Crippen LogP contribution is -2.60. The van der Waals surface area contributed by atoms with Crippen molar-refractivity contribution in [1.82, 2.24) is 0 Å². The van der Waals surface area contributed by atoms with Crippen molar-refractivity contribution in [2.24, 2.45) is 0 Å². The smallest absolute Gasteiger partial charge is 0.397 e. The molecule has 1 fully saturated rings. The summed E-state index contributed by atoms with van der Waals surface area (Å²) in [4.78, 5) is 12.8. The first-order valence-corrected chi connectivity index (χ1v) is 23.7. The van der Waals surface area contributed by atoms with Crippen molar-refractivity contribution in [3.8, 4) is 0 Å². The van der Waals surface area contributed by atoms with Crippen LogP contribution in [0.2, 0.25) is 0 Å². The van der Waals surface area contributed by atoms with E-state index in [1.165, 1.54) is 135 Å². The van der Waals surface area contributed by atoms with Gasteiger partial charge in [-0.15, -0.1) is 0 Å². The number of hydrogen-bond donors (Lipinski definition) is 4. The second-order valence-corrected chi connectivity index (χ2v) is 16.7. The lowest BCUT2D eigenvalue weighted by atomic mass is 9.99. The Labute approximate surface area is 335 Å².